The molecule has 0 amide bonds. The maximum Gasteiger partial charge on any atom is 0.331 e. The molecule has 0 heterocycles. The van der Waals surface area contributed by atoms with Crippen LogP contribution in [-0.2, 0) is 4.79 Å². The standard InChI is InChI=1S/C12H13NO4/c1-9-2-4-10(5-3-9)8-11(12(14)15)6-7-13(16)17/h2-5,8H,6-7H2,1H3,(H,14,15)/b11-8-. The van der Waals surface area contributed by atoms with Crippen LogP contribution in [0.4, 0.5) is 0 Å². The monoisotopic (exact) mass is 235 g/mol. The number of nitrogens with zero attached hydrogens (tertiary/aromatic N) is 1. The maximum atomic E-state index is 10.9. The van der Waals surface area contributed by atoms with E-state index in [0.29, 0.717) is 0 Å². The zero-order valence-corrected chi connectivity index (χ0v) is 9.42. The lowest BCUT2D eigenvalue weighted by Crippen LogP contribution is -2.07. The molecule has 0 aliphatic heterocycles. The average Bonchev–Trinajstić information content (AvgIpc) is 2.26. The van der Waals surface area contributed by atoms with E-state index < -0.39 is 10.9 Å². The Hall–Kier alpha value is -2.17. The number of carboxylic acids is 1. The van der Waals surface area contributed by atoms with E-state index >= 15 is 0 Å². The Bertz CT molecular complexity index is 448. The van der Waals surface area contributed by atoms with Crippen molar-refractivity contribution in [2.45, 2.75) is 13.3 Å². The Balaban J connectivity index is 2.86. The molecular formula is C12H13NO4. The molecule has 5 nitrogen and oxygen atoms in total. The van der Waals surface area contributed by atoms with Crippen LogP contribution in [0, 0.1) is 17.0 Å². The van der Waals surface area contributed by atoms with E-state index in [9.17, 15) is 14.9 Å². The number of aryl methyl sites for hydroxylation is 1. The number of rotatable bonds is 5. The van der Waals surface area contributed by atoms with Crippen molar-refractivity contribution in [1.82, 2.24) is 0 Å². The lowest BCUT2D eigenvalue weighted by molar-refractivity contribution is -0.479. The average molecular weight is 235 g/mol. The summed E-state index contributed by atoms with van der Waals surface area (Å²) in [6, 6.07) is 7.28. The molecule has 1 aromatic rings. The smallest absolute Gasteiger partial charge is 0.331 e. The zero-order chi connectivity index (χ0) is 12.8. The van der Waals surface area contributed by atoms with Gasteiger partial charge in [0.2, 0.25) is 6.54 Å². The predicted octanol–water partition coefficient (Wildman–Crippen LogP) is 2.13. The first-order valence-corrected chi connectivity index (χ1v) is 5.11. The fourth-order valence-electron chi connectivity index (χ4n) is 1.32. The summed E-state index contributed by atoms with van der Waals surface area (Å²) >= 11 is 0. The molecule has 0 radical (unpaired) electrons. The number of carbonyl (C=O) groups is 1. The fraction of sp³-hybridized carbons (Fsp3) is 0.250. The summed E-state index contributed by atoms with van der Waals surface area (Å²) in [5, 5.41) is 19.1. The number of carboxylic acid groups (broad SMARTS) is 1. The first kappa shape index (κ1) is 12.9. The third-order valence-electron chi connectivity index (χ3n) is 2.26. The molecule has 0 aromatic heterocycles. The second kappa shape index (κ2) is 5.79. The molecule has 1 rings (SSSR count). The molecule has 0 spiro atoms. The molecule has 0 atom stereocenters. The molecule has 0 saturated carbocycles. The highest BCUT2D eigenvalue weighted by molar-refractivity contribution is 5.92. The van der Waals surface area contributed by atoms with Crippen LogP contribution in [0.25, 0.3) is 6.08 Å². The second-order valence-corrected chi connectivity index (χ2v) is 3.69. The number of benzene rings is 1. The molecular weight excluding hydrogens is 222 g/mol. The molecule has 0 fully saturated rings. The molecule has 0 saturated heterocycles. The Kier molecular flexibility index (Phi) is 4.39. The summed E-state index contributed by atoms with van der Waals surface area (Å²) in [6.45, 7) is 1.56. The van der Waals surface area contributed by atoms with Gasteiger partial charge in [0, 0.05) is 16.9 Å². The quantitative estimate of drug-likeness (QED) is 0.481. The summed E-state index contributed by atoms with van der Waals surface area (Å²) in [4.78, 5) is 20.6. The van der Waals surface area contributed by atoms with Gasteiger partial charge in [-0.25, -0.2) is 4.79 Å². The summed E-state index contributed by atoms with van der Waals surface area (Å²) in [6.07, 6.45) is 1.39. The van der Waals surface area contributed by atoms with Crippen molar-refractivity contribution >= 4 is 12.0 Å². The Morgan fingerprint density at radius 3 is 2.47 bits per heavy atom. The maximum absolute atomic E-state index is 10.9. The van der Waals surface area contributed by atoms with Crippen LogP contribution in [0.5, 0.6) is 0 Å². The molecule has 0 unspecified atom stereocenters. The van der Waals surface area contributed by atoms with Crippen molar-refractivity contribution in [1.29, 1.82) is 0 Å². The highest BCUT2D eigenvalue weighted by atomic mass is 16.6. The van der Waals surface area contributed by atoms with Crippen LogP contribution in [-0.4, -0.2) is 22.5 Å². The highest BCUT2D eigenvalue weighted by Gasteiger charge is 2.10. The minimum absolute atomic E-state index is 0.0468. The Morgan fingerprint density at radius 1 is 1.41 bits per heavy atom. The van der Waals surface area contributed by atoms with E-state index in [1.807, 2.05) is 19.1 Å². The van der Waals surface area contributed by atoms with Gasteiger partial charge < -0.3 is 5.11 Å². The van der Waals surface area contributed by atoms with Gasteiger partial charge in [-0.2, -0.15) is 0 Å². The molecule has 0 bridgehead atoms. The van der Waals surface area contributed by atoms with E-state index in [0.717, 1.165) is 11.1 Å². The number of hydrogen-bond donors (Lipinski definition) is 1. The summed E-state index contributed by atoms with van der Waals surface area (Å²) < 4.78 is 0. The fourth-order valence-corrected chi connectivity index (χ4v) is 1.32. The van der Waals surface area contributed by atoms with Crippen LogP contribution in [0.3, 0.4) is 0 Å². The first-order valence-electron chi connectivity index (χ1n) is 5.11. The largest absolute Gasteiger partial charge is 0.478 e. The van der Waals surface area contributed by atoms with Crippen molar-refractivity contribution in [2.24, 2.45) is 0 Å². The topological polar surface area (TPSA) is 80.4 Å². The van der Waals surface area contributed by atoms with Crippen molar-refractivity contribution in [3.63, 3.8) is 0 Å². The van der Waals surface area contributed by atoms with Gasteiger partial charge in [-0.3, -0.25) is 10.1 Å². The van der Waals surface area contributed by atoms with Gasteiger partial charge in [0.15, 0.2) is 0 Å². The minimum Gasteiger partial charge on any atom is -0.478 e. The number of aliphatic carboxylic acids is 1. The highest BCUT2D eigenvalue weighted by Crippen LogP contribution is 2.11. The molecule has 90 valence electrons. The van der Waals surface area contributed by atoms with Crippen molar-refractivity contribution in [3.8, 4) is 0 Å². The van der Waals surface area contributed by atoms with Crippen molar-refractivity contribution in [3.05, 3.63) is 51.1 Å². The van der Waals surface area contributed by atoms with Crippen LogP contribution >= 0.6 is 0 Å². The second-order valence-electron chi connectivity index (χ2n) is 3.69. The van der Waals surface area contributed by atoms with Gasteiger partial charge in [0.25, 0.3) is 0 Å². The number of nitro groups is 1. The van der Waals surface area contributed by atoms with Gasteiger partial charge in [0.1, 0.15) is 0 Å². The van der Waals surface area contributed by atoms with Crippen LogP contribution < -0.4 is 0 Å². The molecule has 1 N–H and O–H groups in total. The Morgan fingerprint density at radius 2 is 2.00 bits per heavy atom. The van der Waals surface area contributed by atoms with Crippen LogP contribution in [0.1, 0.15) is 17.5 Å². The molecule has 5 heteroatoms. The van der Waals surface area contributed by atoms with E-state index in [1.54, 1.807) is 12.1 Å². The lowest BCUT2D eigenvalue weighted by atomic mass is 10.1. The summed E-state index contributed by atoms with van der Waals surface area (Å²) in [5.41, 5.74) is 1.85. The van der Waals surface area contributed by atoms with Crippen LogP contribution in [0.15, 0.2) is 29.8 Å². The lowest BCUT2D eigenvalue weighted by Gasteiger charge is -2.00. The van der Waals surface area contributed by atoms with Crippen molar-refractivity contribution in [2.75, 3.05) is 6.54 Å². The van der Waals surface area contributed by atoms with Crippen molar-refractivity contribution < 1.29 is 14.8 Å². The summed E-state index contributed by atoms with van der Waals surface area (Å²) in [5.74, 6) is -1.12. The predicted molar refractivity (Wildman–Crippen MR) is 63.3 cm³/mol. The van der Waals surface area contributed by atoms with E-state index in [4.69, 9.17) is 5.11 Å². The normalized spacial score (nSPS) is 11.2. The Labute approximate surface area is 98.5 Å². The van der Waals surface area contributed by atoms with Gasteiger partial charge in [0.05, 0.1) is 0 Å². The summed E-state index contributed by atoms with van der Waals surface area (Å²) in [7, 11) is 0. The molecule has 1 aromatic carbocycles. The third-order valence-corrected chi connectivity index (χ3v) is 2.26. The third kappa shape index (κ3) is 4.46. The molecule has 0 aliphatic carbocycles. The van der Waals surface area contributed by atoms with Gasteiger partial charge in [-0.1, -0.05) is 29.8 Å². The SMILES string of the molecule is Cc1ccc(/C=C(/CC[N+](=O)[O-])C(=O)O)cc1. The molecule has 0 aliphatic rings. The van der Waals surface area contributed by atoms with Gasteiger partial charge in [-0.15, -0.1) is 0 Å². The van der Waals surface area contributed by atoms with Crippen LogP contribution in [0.2, 0.25) is 0 Å². The van der Waals surface area contributed by atoms with E-state index in [-0.39, 0.29) is 18.5 Å². The first-order chi connectivity index (χ1) is 7.99. The van der Waals surface area contributed by atoms with E-state index in [1.165, 1.54) is 6.08 Å². The van der Waals surface area contributed by atoms with E-state index in [2.05, 4.69) is 0 Å². The zero-order valence-electron chi connectivity index (χ0n) is 9.42. The van der Waals surface area contributed by atoms with Gasteiger partial charge >= 0.3 is 5.97 Å². The minimum atomic E-state index is -1.12. The number of hydrogen-bond acceptors (Lipinski definition) is 3. The van der Waals surface area contributed by atoms with Gasteiger partial charge in [-0.05, 0) is 18.6 Å². The molecule has 17 heavy (non-hydrogen) atoms.